The van der Waals surface area contributed by atoms with Crippen molar-refractivity contribution in [3.63, 3.8) is 0 Å². The Morgan fingerprint density at radius 2 is 1.75 bits per heavy atom. The quantitative estimate of drug-likeness (QED) is 0.128. The number of nitrogens with two attached hydrogens (primary N) is 2. The van der Waals surface area contributed by atoms with Crippen LogP contribution in [-0.4, -0.2) is 82.9 Å². The van der Waals surface area contributed by atoms with Gasteiger partial charge < -0.3 is 30.6 Å². The van der Waals surface area contributed by atoms with E-state index in [1.54, 1.807) is 12.3 Å². The Morgan fingerprint density at radius 3 is 2.57 bits per heavy atom. The van der Waals surface area contributed by atoms with E-state index in [1.807, 2.05) is 0 Å². The van der Waals surface area contributed by atoms with Crippen LogP contribution in [-0.2, 0) is 36.7 Å². The minimum absolute atomic E-state index is 0.0172. The highest BCUT2D eigenvalue weighted by Crippen LogP contribution is 2.60. The maximum absolute atomic E-state index is 13.5. The van der Waals surface area contributed by atoms with Crippen molar-refractivity contribution in [3.8, 4) is 0 Å². The predicted octanol–water partition coefficient (Wildman–Crippen LogP) is 1.17. The van der Waals surface area contributed by atoms with E-state index in [1.165, 1.54) is 21.8 Å². The highest BCUT2D eigenvalue weighted by molar-refractivity contribution is 8.44. The van der Waals surface area contributed by atoms with Crippen LogP contribution in [0.3, 0.4) is 0 Å². The second kappa shape index (κ2) is 11.1. The molecule has 7 rings (SSSR count). The zero-order chi connectivity index (χ0) is 31.0. The molecule has 9 atom stereocenters. The van der Waals surface area contributed by atoms with Crippen LogP contribution in [0.1, 0.15) is 18.9 Å². The van der Waals surface area contributed by atoms with Crippen molar-refractivity contribution >= 4 is 72.1 Å². The number of aromatic nitrogens is 7. The maximum atomic E-state index is 13.5. The van der Waals surface area contributed by atoms with E-state index in [-0.39, 0.29) is 36.0 Å². The monoisotopic (exact) mass is 689 g/mol. The summed E-state index contributed by atoms with van der Waals surface area (Å²) >= 11 is 8.27. The molecule has 6 N–H and O–H groups in total. The number of anilines is 2. The minimum atomic E-state index is -4.17. The number of ether oxygens (including phenoxy) is 2. The van der Waals surface area contributed by atoms with Crippen LogP contribution in [0.25, 0.3) is 22.2 Å². The van der Waals surface area contributed by atoms with E-state index in [0.717, 1.165) is 0 Å². The number of aromatic amines is 1. The Kier molecular flexibility index (Phi) is 7.57. The first-order valence-electron chi connectivity index (χ1n) is 13.0. The van der Waals surface area contributed by atoms with Crippen molar-refractivity contribution in [3.05, 3.63) is 35.3 Å². The van der Waals surface area contributed by atoms with E-state index in [9.17, 15) is 19.0 Å². The van der Waals surface area contributed by atoms with E-state index in [2.05, 4.69) is 49.4 Å². The van der Waals surface area contributed by atoms with Crippen LogP contribution in [0.5, 0.6) is 0 Å². The average molecular weight is 690 g/mol. The molecule has 3 saturated heterocycles. The SMILES string of the molecule is Nc1nc2c(ncn2[C@@H]2O[C@@H]3COP(=O)(S)O[C@H]4[C@@H](O)[C@H](n5ccc6c(N)ncnc65)O[C@@H]4COP(=O)(S)O[C@@H]2C3)c(=O)[nH]1. The van der Waals surface area contributed by atoms with Crippen molar-refractivity contribution in [1.82, 2.24) is 34.1 Å². The zero-order valence-electron chi connectivity index (χ0n) is 22.2. The lowest BCUT2D eigenvalue weighted by molar-refractivity contribution is -0.0570. The van der Waals surface area contributed by atoms with Crippen molar-refractivity contribution in [1.29, 1.82) is 0 Å². The Hall–Kier alpha value is -2.55. The molecule has 3 aliphatic rings. The first-order valence-corrected chi connectivity index (χ1v) is 18.4. The molecule has 0 radical (unpaired) electrons. The largest absolute Gasteiger partial charge is 0.386 e. The Morgan fingerprint density at radius 1 is 0.977 bits per heavy atom. The van der Waals surface area contributed by atoms with Crippen LogP contribution in [0.15, 0.2) is 29.7 Å². The summed E-state index contributed by atoms with van der Waals surface area (Å²) in [5.41, 5.74) is 11.5. The number of hydrogen-bond donors (Lipinski definition) is 6. The first kappa shape index (κ1) is 30.1. The normalized spacial score (nSPS) is 36.6. The third kappa shape index (κ3) is 5.45. The van der Waals surface area contributed by atoms with Crippen LogP contribution < -0.4 is 17.0 Å². The number of aliphatic hydroxyl groups is 1. The number of aliphatic hydroxyl groups excluding tert-OH is 1. The molecule has 0 saturated carbocycles. The molecule has 44 heavy (non-hydrogen) atoms. The number of H-pyrrole nitrogens is 1. The molecule has 4 aromatic heterocycles. The van der Waals surface area contributed by atoms with Crippen molar-refractivity contribution < 1.29 is 41.8 Å². The molecule has 4 aromatic rings. The summed E-state index contributed by atoms with van der Waals surface area (Å²) in [7, 11) is 0. The first-order chi connectivity index (χ1) is 20.9. The summed E-state index contributed by atoms with van der Waals surface area (Å²) in [6.45, 7) is -9.13. The molecule has 236 valence electrons. The van der Waals surface area contributed by atoms with Gasteiger partial charge in [0, 0.05) is 12.6 Å². The Bertz CT molecular complexity index is 1910. The molecule has 2 bridgehead atoms. The fraction of sp³-hybridized carbons (Fsp3) is 0.476. The third-order valence-electron chi connectivity index (χ3n) is 7.34. The van der Waals surface area contributed by atoms with Crippen LogP contribution in [0.4, 0.5) is 11.8 Å². The molecule has 23 heteroatoms. The molecule has 3 aliphatic heterocycles. The van der Waals surface area contributed by atoms with Gasteiger partial charge in [-0.2, -0.15) is 4.98 Å². The number of nitrogens with zero attached hydrogens (tertiary/aromatic N) is 6. The molecule has 0 spiro atoms. The van der Waals surface area contributed by atoms with Gasteiger partial charge in [-0.25, -0.2) is 24.1 Å². The zero-order valence-corrected chi connectivity index (χ0v) is 25.8. The predicted molar refractivity (Wildman–Crippen MR) is 158 cm³/mol. The van der Waals surface area contributed by atoms with Gasteiger partial charge in [0.2, 0.25) is 5.95 Å². The molecule has 2 unspecified atom stereocenters. The lowest BCUT2D eigenvalue weighted by Gasteiger charge is -2.26. The lowest BCUT2D eigenvalue weighted by atomic mass is 10.1. The van der Waals surface area contributed by atoms with Gasteiger partial charge in [0.05, 0.1) is 31.0 Å². The smallest absolute Gasteiger partial charge is 0.386 e. The number of nitrogen functional groups attached to an aromatic ring is 2. The number of hydrogen-bond acceptors (Lipinski definition) is 16. The van der Waals surface area contributed by atoms with Crippen molar-refractivity contribution in [2.24, 2.45) is 0 Å². The van der Waals surface area contributed by atoms with E-state index < -0.39 is 68.7 Å². The van der Waals surface area contributed by atoms with Crippen LogP contribution in [0, 0.1) is 0 Å². The summed E-state index contributed by atoms with van der Waals surface area (Å²) in [6.07, 6.45) is -3.71. The van der Waals surface area contributed by atoms with Crippen LogP contribution >= 0.6 is 38.1 Å². The van der Waals surface area contributed by atoms with Crippen molar-refractivity contribution in [2.45, 2.75) is 49.4 Å². The minimum Gasteiger partial charge on any atom is -0.386 e. The molecule has 0 aromatic carbocycles. The Balaban J connectivity index is 1.19. The summed E-state index contributed by atoms with van der Waals surface area (Å²) < 4.78 is 64.6. The number of imidazole rings is 1. The van der Waals surface area contributed by atoms with Gasteiger partial charge in [-0.1, -0.05) is 24.5 Å². The van der Waals surface area contributed by atoms with Gasteiger partial charge in [0.25, 0.3) is 5.56 Å². The topological polar surface area (TPSA) is 256 Å². The van der Waals surface area contributed by atoms with Gasteiger partial charge >= 0.3 is 13.6 Å². The van der Waals surface area contributed by atoms with Crippen molar-refractivity contribution in [2.75, 3.05) is 24.7 Å². The molecular formula is C21H25N9O10P2S2. The van der Waals surface area contributed by atoms with Gasteiger partial charge in [0.15, 0.2) is 23.6 Å². The van der Waals surface area contributed by atoms with E-state index in [0.29, 0.717) is 11.0 Å². The summed E-state index contributed by atoms with van der Waals surface area (Å²) in [4.78, 5) is 31.1. The second-order valence-electron chi connectivity index (χ2n) is 10.2. The van der Waals surface area contributed by atoms with E-state index in [4.69, 9.17) is 39.0 Å². The molecule has 19 nitrogen and oxygen atoms in total. The van der Waals surface area contributed by atoms with Gasteiger partial charge in [-0.3, -0.25) is 32.4 Å². The maximum Gasteiger partial charge on any atom is 0.386 e. The number of nitrogens with one attached hydrogen (secondary N) is 1. The Labute approximate surface area is 256 Å². The van der Waals surface area contributed by atoms with Gasteiger partial charge in [0.1, 0.15) is 42.2 Å². The lowest BCUT2D eigenvalue weighted by Crippen LogP contribution is -2.35. The standard InChI is InChI=1S/C21H25N9O10P2S2/c22-15-9-1-2-29(16(9)25-6-24-15)20-13(31)14-11(38-20)5-36-41(33,43)39-10-3-8(4-35-42(34,44)40-14)37-19(10)30-7-26-12-17(30)27-21(23)28-18(12)32/h1-2,6-8,10-11,13-14,19-20,31H,3-5H2,(H,33,43)(H,34,44)(H2,22,24,25)(H3,23,27,28,32)/t8-,10+,11+,13+,14+,19+,20+,41?,42?/m0/s1. The fourth-order valence-electron chi connectivity index (χ4n) is 5.43. The summed E-state index contributed by atoms with van der Waals surface area (Å²) in [5.74, 6) is 0.0585. The summed E-state index contributed by atoms with van der Waals surface area (Å²) in [6, 6.07) is 1.64. The molecule has 0 amide bonds. The van der Waals surface area contributed by atoms with Gasteiger partial charge in [-0.15, -0.1) is 0 Å². The molecular weight excluding hydrogens is 664 g/mol. The van der Waals surface area contributed by atoms with Crippen LogP contribution in [0.2, 0.25) is 0 Å². The number of thiol groups is 2. The highest BCUT2D eigenvalue weighted by atomic mass is 32.7. The number of rotatable bonds is 2. The average Bonchev–Trinajstić information content (AvgIpc) is 3.72. The molecule has 0 aliphatic carbocycles. The summed E-state index contributed by atoms with van der Waals surface area (Å²) in [5, 5.41) is 11.8. The second-order valence-corrected chi connectivity index (χ2v) is 15.9. The number of fused-ring (bicyclic) bond motifs is 5. The fourth-order valence-corrected chi connectivity index (χ4v) is 8.43. The molecule has 3 fully saturated rings. The van der Waals surface area contributed by atoms with Gasteiger partial charge in [-0.05, 0) is 6.07 Å². The van der Waals surface area contributed by atoms with E-state index >= 15 is 0 Å². The highest BCUT2D eigenvalue weighted by Gasteiger charge is 2.51. The third-order valence-corrected chi connectivity index (χ3v) is 10.6. The molecule has 7 heterocycles.